The van der Waals surface area contributed by atoms with Crippen molar-refractivity contribution in [3.8, 4) is 0 Å². The molecule has 0 spiro atoms. The lowest BCUT2D eigenvalue weighted by atomic mass is 10.0. The van der Waals surface area contributed by atoms with Crippen molar-refractivity contribution < 1.29 is 9.53 Å². The lowest BCUT2D eigenvalue weighted by Gasteiger charge is -2.32. The molecule has 0 radical (unpaired) electrons. The van der Waals surface area contributed by atoms with Gasteiger partial charge in [0.2, 0.25) is 5.91 Å². The van der Waals surface area contributed by atoms with Crippen LogP contribution in [0.15, 0.2) is 18.2 Å². The standard InChI is InChI=1S/C16H23N3O2/c17-13-3-4-15-12(10-13)2-1-7-19(15)11-16(20)18-14-5-8-21-9-6-14/h3-4,10,14H,1-2,5-9,11,17H2,(H,18,20). The van der Waals surface area contributed by atoms with Gasteiger partial charge in [-0.15, -0.1) is 0 Å². The van der Waals surface area contributed by atoms with Gasteiger partial charge in [0.1, 0.15) is 0 Å². The number of carbonyl (C=O) groups is 1. The highest BCUT2D eigenvalue weighted by molar-refractivity contribution is 5.82. The van der Waals surface area contributed by atoms with E-state index in [1.165, 1.54) is 5.56 Å². The maximum Gasteiger partial charge on any atom is 0.239 e. The highest BCUT2D eigenvalue weighted by Crippen LogP contribution is 2.28. The molecule has 2 aliphatic rings. The van der Waals surface area contributed by atoms with E-state index in [0.717, 1.165) is 56.8 Å². The number of nitrogens with two attached hydrogens (primary N) is 1. The van der Waals surface area contributed by atoms with Gasteiger partial charge in [0.05, 0.1) is 6.54 Å². The molecule has 3 rings (SSSR count). The molecule has 1 amide bonds. The summed E-state index contributed by atoms with van der Waals surface area (Å²) in [6, 6.07) is 6.23. The Morgan fingerprint density at radius 3 is 3.00 bits per heavy atom. The fraction of sp³-hybridized carbons (Fsp3) is 0.562. The molecular formula is C16H23N3O2. The minimum atomic E-state index is 0.103. The van der Waals surface area contributed by atoms with E-state index in [1.807, 2.05) is 18.2 Å². The third kappa shape index (κ3) is 3.47. The van der Waals surface area contributed by atoms with Crippen LogP contribution in [0.25, 0.3) is 0 Å². The topological polar surface area (TPSA) is 67.6 Å². The molecule has 2 aliphatic heterocycles. The Morgan fingerprint density at radius 1 is 1.38 bits per heavy atom. The maximum absolute atomic E-state index is 12.2. The first-order valence-corrected chi connectivity index (χ1v) is 7.73. The first kappa shape index (κ1) is 14.2. The summed E-state index contributed by atoms with van der Waals surface area (Å²) >= 11 is 0. The minimum absolute atomic E-state index is 0.103. The van der Waals surface area contributed by atoms with Gasteiger partial charge in [-0.25, -0.2) is 0 Å². The Balaban J connectivity index is 1.61. The average molecular weight is 289 g/mol. The highest BCUT2D eigenvalue weighted by Gasteiger charge is 2.21. The molecule has 0 aromatic heterocycles. The van der Waals surface area contributed by atoms with Gasteiger partial charge in [0, 0.05) is 37.2 Å². The summed E-state index contributed by atoms with van der Waals surface area (Å²) in [5.74, 6) is 0.103. The van der Waals surface area contributed by atoms with Crippen LogP contribution in [0.4, 0.5) is 11.4 Å². The van der Waals surface area contributed by atoms with E-state index in [4.69, 9.17) is 10.5 Å². The molecule has 1 saturated heterocycles. The van der Waals surface area contributed by atoms with Crippen LogP contribution in [0.2, 0.25) is 0 Å². The molecule has 0 bridgehead atoms. The zero-order valence-corrected chi connectivity index (χ0v) is 12.3. The number of hydrogen-bond acceptors (Lipinski definition) is 4. The predicted molar refractivity (Wildman–Crippen MR) is 83.4 cm³/mol. The van der Waals surface area contributed by atoms with E-state index in [-0.39, 0.29) is 11.9 Å². The predicted octanol–water partition coefficient (Wildman–Crippen LogP) is 1.32. The summed E-state index contributed by atoms with van der Waals surface area (Å²) in [6.07, 6.45) is 3.94. The van der Waals surface area contributed by atoms with Crippen LogP contribution in [0.3, 0.4) is 0 Å². The molecule has 0 aliphatic carbocycles. The highest BCUT2D eigenvalue weighted by atomic mass is 16.5. The van der Waals surface area contributed by atoms with E-state index in [2.05, 4.69) is 10.2 Å². The summed E-state index contributed by atoms with van der Waals surface area (Å²) in [5.41, 5.74) is 9.04. The fourth-order valence-electron chi connectivity index (χ4n) is 3.15. The number of amides is 1. The molecule has 1 aromatic rings. The molecule has 1 fully saturated rings. The number of fused-ring (bicyclic) bond motifs is 1. The van der Waals surface area contributed by atoms with Gasteiger partial charge in [-0.3, -0.25) is 4.79 Å². The van der Waals surface area contributed by atoms with Gasteiger partial charge >= 0.3 is 0 Å². The van der Waals surface area contributed by atoms with Crippen LogP contribution in [0, 0.1) is 0 Å². The molecule has 2 heterocycles. The van der Waals surface area contributed by atoms with Crippen molar-refractivity contribution in [2.75, 3.05) is 36.9 Å². The first-order chi connectivity index (χ1) is 10.2. The zero-order valence-electron chi connectivity index (χ0n) is 12.3. The molecule has 114 valence electrons. The van der Waals surface area contributed by atoms with Gasteiger partial charge in [0.15, 0.2) is 0 Å². The van der Waals surface area contributed by atoms with E-state index in [0.29, 0.717) is 6.54 Å². The third-order valence-electron chi connectivity index (χ3n) is 4.24. The average Bonchev–Trinajstić information content (AvgIpc) is 2.48. The van der Waals surface area contributed by atoms with Gasteiger partial charge in [0.25, 0.3) is 0 Å². The van der Waals surface area contributed by atoms with Crippen LogP contribution in [-0.2, 0) is 16.0 Å². The second-order valence-electron chi connectivity index (χ2n) is 5.87. The molecule has 3 N–H and O–H groups in total. The molecular weight excluding hydrogens is 266 g/mol. The first-order valence-electron chi connectivity index (χ1n) is 7.73. The van der Waals surface area contributed by atoms with Gasteiger partial charge in [-0.05, 0) is 49.4 Å². The van der Waals surface area contributed by atoms with Crippen molar-refractivity contribution in [3.63, 3.8) is 0 Å². The lowest BCUT2D eigenvalue weighted by Crippen LogP contribution is -2.45. The number of nitrogen functional groups attached to an aromatic ring is 1. The van der Waals surface area contributed by atoms with E-state index >= 15 is 0 Å². The Morgan fingerprint density at radius 2 is 2.19 bits per heavy atom. The van der Waals surface area contributed by atoms with Crippen molar-refractivity contribution in [2.45, 2.75) is 31.7 Å². The molecule has 1 aromatic carbocycles. The fourth-order valence-corrected chi connectivity index (χ4v) is 3.15. The summed E-state index contributed by atoms with van der Waals surface area (Å²) in [4.78, 5) is 14.4. The maximum atomic E-state index is 12.2. The lowest BCUT2D eigenvalue weighted by molar-refractivity contribution is -0.121. The summed E-state index contributed by atoms with van der Waals surface area (Å²) in [5, 5.41) is 3.12. The van der Waals surface area contributed by atoms with Crippen LogP contribution < -0.4 is 16.0 Å². The summed E-state index contributed by atoms with van der Waals surface area (Å²) < 4.78 is 5.32. The number of rotatable bonds is 3. The van der Waals surface area contributed by atoms with Crippen LogP contribution in [0.1, 0.15) is 24.8 Å². The van der Waals surface area contributed by atoms with Crippen LogP contribution >= 0.6 is 0 Å². The molecule has 0 saturated carbocycles. The third-order valence-corrected chi connectivity index (χ3v) is 4.24. The van der Waals surface area contributed by atoms with Crippen molar-refractivity contribution in [1.29, 1.82) is 0 Å². The van der Waals surface area contributed by atoms with Crippen LogP contribution in [-0.4, -0.2) is 38.3 Å². The number of anilines is 2. The quantitative estimate of drug-likeness (QED) is 0.824. The number of nitrogens with one attached hydrogen (secondary N) is 1. The normalized spacial score (nSPS) is 19.1. The largest absolute Gasteiger partial charge is 0.399 e. The Labute approximate surface area is 125 Å². The van der Waals surface area contributed by atoms with Gasteiger partial charge < -0.3 is 20.7 Å². The Bertz CT molecular complexity index is 512. The van der Waals surface area contributed by atoms with E-state index in [9.17, 15) is 4.79 Å². The molecule has 0 atom stereocenters. The molecule has 5 heteroatoms. The molecule has 5 nitrogen and oxygen atoms in total. The molecule has 0 unspecified atom stereocenters. The van der Waals surface area contributed by atoms with Crippen molar-refractivity contribution in [3.05, 3.63) is 23.8 Å². The Hall–Kier alpha value is -1.75. The van der Waals surface area contributed by atoms with Crippen molar-refractivity contribution in [1.82, 2.24) is 5.32 Å². The van der Waals surface area contributed by atoms with E-state index in [1.54, 1.807) is 0 Å². The second-order valence-corrected chi connectivity index (χ2v) is 5.87. The van der Waals surface area contributed by atoms with Crippen molar-refractivity contribution >= 4 is 17.3 Å². The number of carbonyl (C=O) groups excluding carboxylic acids is 1. The number of benzene rings is 1. The van der Waals surface area contributed by atoms with Gasteiger partial charge in [-0.1, -0.05) is 0 Å². The summed E-state index contributed by atoms with van der Waals surface area (Å²) in [6.45, 7) is 2.85. The minimum Gasteiger partial charge on any atom is -0.399 e. The number of aryl methyl sites for hydroxylation is 1. The van der Waals surface area contributed by atoms with Crippen LogP contribution in [0.5, 0.6) is 0 Å². The molecule has 21 heavy (non-hydrogen) atoms. The number of ether oxygens (including phenoxy) is 1. The number of hydrogen-bond donors (Lipinski definition) is 2. The monoisotopic (exact) mass is 289 g/mol. The number of nitrogens with zero attached hydrogens (tertiary/aromatic N) is 1. The smallest absolute Gasteiger partial charge is 0.239 e. The van der Waals surface area contributed by atoms with Gasteiger partial charge in [-0.2, -0.15) is 0 Å². The SMILES string of the molecule is Nc1ccc2c(c1)CCCN2CC(=O)NC1CCOCC1. The summed E-state index contributed by atoms with van der Waals surface area (Å²) in [7, 11) is 0. The van der Waals surface area contributed by atoms with E-state index < -0.39 is 0 Å². The second kappa shape index (κ2) is 6.35. The van der Waals surface area contributed by atoms with Crippen molar-refractivity contribution in [2.24, 2.45) is 0 Å². The zero-order chi connectivity index (χ0) is 14.7. The Kier molecular flexibility index (Phi) is 4.29.